The van der Waals surface area contributed by atoms with Crippen LogP contribution in [-0.2, 0) is 14.9 Å². The first kappa shape index (κ1) is 24.4. The fourth-order valence-corrected chi connectivity index (χ4v) is 2.89. The summed E-state index contributed by atoms with van der Waals surface area (Å²) >= 11 is 0. The molecule has 0 spiro atoms. The maximum atomic E-state index is 11.0. The van der Waals surface area contributed by atoms with Crippen molar-refractivity contribution in [3.05, 3.63) is 72.3 Å². The lowest BCUT2D eigenvalue weighted by Crippen LogP contribution is -2.24. The Labute approximate surface area is 184 Å². The second-order valence-corrected chi connectivity index (χ2v) is 7.85. The number of hydrogen-bond acceptors (Lipinski definition) is 6. The van der Waals surface area contributed by atoms with Gasteiger partial charge < -0.3 is 24.4 Å². The summed E-state index contributed by atoms with van der Waals surface area (Å²) in [6, 6.07) is 15.6. The molecule has 2 rings (SSSR count). The zero-order valence-electron chi connectivity index (χ0n) is 18.4. The smallest absolute Gasteiger partial charge is 0.330 e. The lowest BCUT2D eigenvalue weighted by Gasteiger charge is -2.26. The second kappa shape index (κ2) is 11.5. The van der Waals surface area contributed by atoms with Crippen molar-refractivity contribution in [2.45, 2.75) is 44.8 Å². The van der Waals surface area contributed by atoms with E-state index in [-0.39, 0.29) is 25.2 Å². The first-order valence-electron chi connectivity index (χ1n) is 10.4. The molecule has 168 valence electrons. The second-order valence-electron chi connectivity index (χ2n) is 7.85. The molecule has 0 bridgehead atoms. The summed E-state index contributed by atoms with van der Waals surface area (Å²) in [6.45, 7) is 9.64. The van der Waals surface area contributed by atoms with Gasteiger partial charge >= 0.3 is 5.97 Å². The molecule has 0 aliphatic carbocycles. The summed E-state index contributed by atoms with van der Waals surface area (Å²) < 4.78 is 16.0. The number of rotatable bonds is 12. The fourth-order valence-electron chi connectivity index (χ4n) is 2.89. The van der Waals surface area contributed by atoms with Gasteiger partial charge in [0, 0.05) is 11.5 Å². The zero-order valence-corrected chi connectivity index (χ0v) is 18.4. The van der Waals surface area contributed by atoms with Crippen LogP contribution in [0, 0.1) is 0 Å². The van der Waals surface area contributed by atoms with E-state index < -0.39 is 18.2 Å². The Hall–Kier alpha value is -2.83. The molecule has 2 aromatic rings. The molecule has 6 heteroatoms. The predicted octanol–water partition coefficient (Wildman–Crippen LogP) is 3.63. The fraction of sp³-hybridized carbons (Fsp3) is 0.400. The van der Waals surface area contributed by atoms with Crippen molar-refractivity contribution in [3.63, 3.8) is 0 Å². The number of ether oxygens (including phenoxy) is 3. The van der Waals surface area contributed by atoms with Crippen LogP contribution < -0.4 is 9.47 Å². The molecule has 31 heavy (non-hydrogen) atoms. The molecule has 6 nitrogen and oxygen atoms in total. The molecule has 0 saturated heterocycles. The molecule has 0 radical (unpaired) electrons. The normalized spacial score (nSPS) is 13.2. The Balaban J connectivity index is 1.94. The Bertz CT molecular complexity index is 826. The van der Waals surface area contributed by atoms with Crippen molar-refractivity contribution in [2.24, 2.45) is 0 Å². The Morgan fingerprint density at radius 1 is 0.903 bits per heavy atom. The summed E-state index contributed by atoms with van der Waals surface area (Å²) in [5.41, 5.74) is 2.00. The standard InChI is InChI=1S/C25H32O6/c1-5-20(26)15-29-22-11-7-18(8-12-22)25(3,4)19-9-13-23(14-10-19)30-16-21(27)17-31-24(28)6-2/h6-14,20-21,26-27H,2,5,15-17H2,1,3-4H3. The maximum Gasteiger partial charge on any atom is 0.330 e. The topological polar surface area (TPSA) is 85.2 Å². The van der Waals surface area contributed by atoms with E-state index in [0.717, 1.165) is 23.0 Å². The SMILES string of the molecule is C=CC(=O)OCC(O)COc1ccc(C(C)(C)c2ccc(OCC(O)CC)cc2)cc1. The van der Waals surface area contributed by atoms with Crippen LogP contribution in [0.5, 0.6) is 11.5 Å². The molecule has 2 unspecified atom stereocenters. The van der Waals surface area contributed by atoms with Gasteiger partial charge in [-0.25, -0.2) is 4.79 Å². The van der Waals surface area contributed by atoms with Crippen LogP contribution in [0.4, 0.5) is 0 Å². The van der Waals surface area contributed by atoms with Gasteiger partial charge in [0.1, 0.15) is 37.4 Å². The highest BCUT2D eigenvalue weighted by molar-refractivity contribution is 5.81. The van der Waals surface area contributed by atoms with Gasteiger partial charge in [0.15, 0.2) is 0 Å². The number of aliphatic hydroxyl groups excluding tert-OH is 2. The Morgan fingerprint density at radius 2 is 1.35 bits per heavy atom. The summed E-state index contributed by atoms with van der Waals surface area (Å²) in [5, 5.41) is 19.5. The Kier molecular flexibility index (Phi) is 9.09. The van der Waals surface area contributed by atoms with E-state index in [1.54, 1.807) is 0 Å². The number of aliphatic hydroxyl groups is 2. The zero-order chi connectivity index (χ0) is 22.9. The summed E-state index contributed by atoms with van der Waals surface area (Å²) in [6.07, 6.45) is 0.331. The van der Waals surface area contributed by atoms with Crippen LogP contribution >= 0.6 is 0 Å². The lowest BCUT2D eigenvalue weighted by molar-refractivity contribution is -0.141. The van der Waals surface area contributed by atoms with Gasteiger partial charge in [0.25, 0.3) is 0 Å². The molecule has 0 aromatic heterocycles. The van der Waals surface area contributed by atoms with Gasteiger partial charge in [-0.3, -0.25) is 0 Å². The van der Waals surface area contributed by atoms with E-state index in [4.69, 9.17) is 14.2 Å². The minimum Gasteiger partial charge on any atom is -0.491 e. The quantitative estimate of drug-likeness (QED) is 0.397. The van der Waals surface area contributed by atoms with E-state index in [1.807, 2.05) is 55.5 Å². The lowest BCUT2D eigenvalue weighted by atomic mass is 9.78. The largest absolute Gasteiger partial charge is 0.491 e. The highest BCUT2D eigenvalue weighted by Gasteiger charge is 2.23. The number of carbonyl (C=O) groups is 1. The molecule has 0 saturated carbocycles. The number of hydrogen-bond donors (Lipinski definition) is 2. The minimum atomic E-state index is -0.917. The molecule has 0 fully saturated rings. The van der Waals surface area contributed by atoms with Crippen LogP contribution in [0.15, 0.2) is 61.2 Å². The van der Waals surface area contributed by atoms with Crippen LogP contribution in [0.3, 0.4) is 0 Å². The van der Waals surface area contributed by atoms with E-state index in [0.29, 0.717) is 12.2 Å². The first-order chi connectivity index (χ1) is 14.8. The third-order valence-electron chi connectivity index (χ3n) is 5.09. The minimum absolute atomic E-state index is 0.0152. The van der Waals surface area contributed by atoms with E-state index in [2.05, 4.69) is 20.4 Å². The summed E-state index contributed by atoms with van der Waals surface area (Å²) in [7, 11) is 0. The van der Waals surface area contributed by atoms with Gasteiger partial charge in [0.05, 0.1) is 6.10 Å². The van der Waals surface area contributed by atoms with Gasteiger partial charge in [0.2, 0.25) is 0 Å². The first-order valence-corrected chi connectivity index (χ1v) is 10.4. The van der Waals surface area contributed by atoms with Gasteiger partial charge in [-0.15, -0.1) is 0 Å². The number of esters is 1. The van der Waals surface area contributed by atoms with Crippen molar-refractivity contribution < 1.29 is 29.2 Å². The highest BCUT2D eigenvalue weighted by Crippen LogP contribution is 2.33. The highest BCUT2D eigenvalue weighted by atomic mass is 16.5. The van der Waals surface area contributed by atoms with Gasteiger partial charge in [-0.05, 0) is 41.8 Å². The maximum absolute atomic E-state index is 11.0. The van der Waals surface area contributed by atoms with Gasteiger partial charge in [-0.1, -0.05) is 51.6 Å². The number of carbonyl (C=O) groups excluding carboxylic acids is 1. The van der Waals surface area contributed by atoms with Crippen molar-refractivity contribution in [1.82, 2.24) is 0 Å². The molecular weight excluding hydrogens is 396 g/mol. The van der Waals surface area contributed by atoms with Crippen molar-refractivity contribution in [1.29, 1.82) is 0 Å². The average molecular weight is 429 g/mol. The average Bonchev–Trinajstić information content (AvgIpc) is 2.80. The molecule has 0 amide bonds. The van der Waals surface area contributed by atoms with Crippen LogP contribution in [-0.4, -0.2) is 48.2 Å². The van der Waals surface area contributed by atoms with E-state index in [9.17, 15) is 15.0 Å². The van der Waals surface area contributed by atoms with Crippen molar-refractivity contribution in [3.8, 4) is 11.5 Å². The molecule has 2 atom stereocenters. The van der Waals surface area contributed by atoms with Crippen LogP contribution in [0.2, 0.25) is 0 Å². The van der Waals surface area contributed by atoms with Crippen molar-refractivity contribution in [2.75, 3.05) is 19.8 Å². The summed E-state index contributed by atoms with van der Waals surface area (Å²) in [5.74, 6) is 0.767. The van der Waals surface area contributed by atoms with Crippen LogP contribution in [0.25, 0.3) is 0 Å². The number of benzene rings is 2. The van der Waals surface area contributed by atoms with Gasteiger partial charge in [-0.2, -0.15) is 0 Å². The molecule has 0 aliphatic rings. The molecule has 2 N–H and O–H groups in total. The monoisotopic (exact) mass is 428 g/mol. The molecule has 0 heterocycles. The summed E-state index contributed by atoms with van der Waals surface area (Å²) in [4.78, 5) is 11.0. The Morgan fingerprint density at radius 3 is 1.77 bits per heavy atom. The predicted molar refractivity (Wildman–Crippen MR) is 119 cm³/mol. The third kappa shape index (κ3) is 7.42. The third-order valence-corrected chi connectivity index (χ3v) is 5.09. The van der Waals surface area contributed by atoms with E-state index >= 15 is 0 Å². The van der Waals surface area contributed by atoms with Crippen LogP contribution in [0.1, 0.15) is 38.3 Å². The molecule has 0 aliphatic heterocycles. The molecular formula is C25H32O6. The van der Waals surface area contributed by atoms with Crippen molar-refractivity contribution >= 4 is 5.97 Å². The molecule has 2 aromatic carbocycles. The van der Waals surface area contributed by atoms with E-state index in [1.165, 1.54) is 0 Å².